The fourth-order valence-electron chi connectivity index (χ4n) is 3.38. The van der Waals surface area contributed by atoms with E-state index in [-0.39, 0.29) is 19.0 Å². The lowest BCUT2D eigenvalue weighted by atomic mass is 10.00. The predicted octanol–water partition coefficient (Wildman–Crippen LogP) is 5.41. The van der Waals surface area contributed by atoms with Crippen molar-refractivity contribution in [3.63, 3.8) is 0 Å². The molecule has 0 saturated carbocycles. The molecule has 1 aromatic carbocycles. The van der Waals surface area contributed by atoms with Gasteiger partial charge >= 0.3 is 0 Å². The average Bonchev–Trinajstić information content (AvgIpc) is 2.87. The zero-order chi connectivity index (χ0) is 16.9. The smallest absolute Gasteiger partial charge is 0.0536 e. The van der Waals surface area contributed by atoms with Gasteiger partial charge in [-0.3, -0.25) is 4.98 Å². The number of aliphatic hydroxyl groups excluding tert-OH is 1. The first kappa shape index (κ1) is 19.8. The summed E-state index contributed by atoms with van der Waals surface area (Å²) in [7, 11) is 2.10. The Kier molecular flexibility index (Phi) is 7.30. The van der Waals surface area contributed by atoms with E-state index in [2.05, 4.69) is 34.8 Å². The van der Waals surface area contributed by atoms with Gasteiger partial charge in [-0.1, -0.05) is 24.4 Å². The van der Waals surface area contributed by atoms with Crippen molar-refractivity contribution < 1.29 is 5.11 Å². The van der Waals surface area contributed by atoms with E-state index in [0.29, 0.717) is 0 Å². The molecule has 3 nitrogen and oxygen atoms in total. The Morgan fingerprint density at radius 3 is 2.64 bits per heavy atom. The van der Waals surface area contributed by atoms with Crippen LogP contribution in [-0.4, -0.2) is 21.3 Å². The van der Waals surface area contributed by atoms with E-state index in [4.69, 9.17) is 16.7 Å². The molecule has 0 spiro atoms. The molecule has 0 fully saturated rings. The molecule has 5 heteroatoms. The summed E-state index contributed by atoms with van der Waals surface area (Å²) in [5.74, 6) is 0. The molecule has 2 heterocycles. The fourth-order valence-corrected chi connectivity index (χ4v) is 3.56. The second-order valence-corrected chi connectivity index (χ2v) is 6.61. The minimum absolute atomic E-state index is 0. The first-order valence-electron chi connectivity index (χ1n) is 8.50. The van der Waals surface area contributed by atoms with Crippen molar-refractivity contribution in [3.8, 4) is 11.3 Å². The second kappa shape index (κ2) is 9.23. The lowest BCUT2D eigenvalue weighted by molar-refractivity contribution is 0.282. The quantitative estimate of drug-likeness (QED) is 0.558. The number of hydrogen-bond acceptors (Lipinski definition) is 2. The lowest BCUT2D eigenvalue weighted by Crippen LogP contribution is -1.95. The molecule has 0 aliphatic heterocycles. The van der Waals surface area contributed by atoms with Gasteiger partial charge in [0.2, 0.25) is 0 Å². The molecule has 0 aliphatic rings. The highest BCUT2D eigenvalue weighted by Gasteiger charge is 2.16. The number of aliphatic hydroxyl groups is 1. The minimum atomic E-state index is 0. The summed E-state index contributed by atoms with van der Waals surface area (Å²) in [4.78, 5) is 4.28. The van der Waals surface area contributed by atoms with Gasteiger partial charge in [0.15, 0.2) is 0 Å². The van der Waals surface area contributed by atoms with Gasteiger partial charge in [-0.05, 0) is 55.2 Å². The first-order valence-corrected chi connectivity index (χ1v) is 8.88. The Morgan fingerprint density at radius 1 is 1.12 bits per heavy atom. The van der Waals surface area contributed by atoms with Crippen molar-refractivity contribution in [2.45, 2.75) is 32.1 Å². The van der Waals surface area contributed by atoms with Gasteiger partial charge in [0.25, 0.3) is 0 Å². The van der Waals surface area contributed by atoms with E-state index < -0.39 is 0 Å². The van der Waals surface area contributed by atoms with E-state index in [1.165, 1.54) is 22.2 Å². The number of benzene rings is 1. The number of hydrogen-bond donors (Lipinski definition) is 1. The van der Waals surface area contributed by atoms with Crippen molar-refractivity contribution in [1.82, 2.24) is 9.55 Å². The third kappa shape index (κ3) is 4.35. The molecule has 0 unspecified atom stereocenters. The van der Waals surface area contributed by atoms with E-state index in [9.17, 15) is 0 Å². The van der Waals surface area contributed by atoms with Crippen molar-refractivity contribution in [2.75, 3.05) is 6.61 Å². The highest BCUT2D eigenvalue weighted by Crippen LogP contribution is 2.35. The molecule has 0 saturated heterocycles. The normalized spacial score (nSPS) is 10.8. The average molecular weight is 379 g/mol. The van der Waals surface area contributed by atoms with Gasteiger partial charge < -0.3 is 9.67 Å². The molecule has 0 atom stereocenters. The third-order valence-electron chi connectivity index (χ3n) is 4.54. The summed E-state index contributed by atoms with van der Waals surface area (Å²) in [6.07, 6.45) is 8.93. The maximum atomic E-state index is 8.93. The number of pyridine rings is 1. The number of nitrogens with zero attached hydrogens (tertiary/aromatic N) is 2. The van der Waals surface area contributed by atoms with Gasteiger partial charge in [-0.25, -0.2) is 0 Å². The molecular weight excluding hydrogens is 355 g/mol. The number of unbranched alkanes of at least 4 members (excludes halogenated alkanes) is 3. The molecule has 0 bridgehead atoms. The monoisotopic (exact) mass is 378 g/mol. The van der Waals surface area contributed by atoms with Gasteiger partial charge in [0.05, 0.1) is 5.69 Å². The first-order chi connectivity index (χ1) is 11.7. The summed E-state index contributed by atoms with van der Waals surface area (Å²) < 4.78 is 2.24. The molecule has 134 valence electrons. The standard InChI is InChI=1S/C20H23ClN2O.ClH/c1-23-19-10-9-16(21)13-18(19)17(8-4-2-3-5-12-24)20(23)15-7-6-11-22-14-15;/h6-7,9-11,13-14,24H,2-5,8,12H2,1H3;1H. The van der Waals surface area contributed by atoms with Crippen LogP contribution < -0.4 is 0 Å². The van der Waals surface area contributed by atoms with Gasteiger partial charge in [0, 0.05) is 47.5 Å². The van der Waals surface area contributed by atoms with Crippen LogP contribution in [0.3, 0.4) is 0 Å². The molecule has 0 aliphatic carbocycles. The number of rotatable bonds is 7. The highest BCUT2D eigenvalue weighted by atomic mass is 35.5. The van der Waals surface area contributed by atoms with E-state index in [1.54, 1.807) is 6.20 Å². The summed E-state index contributed by atoms with van der Waals surface area (Å²) >= 11 is 6.25. The van der Waals surface area contributed by atoms with Crippen LogP contribution in [0.2, 0.25) is 5.02 Å². The fraction of sp³-hybridized carbons (Fsp3) is 0.350. The zero-order valence-electron chi connectivity index (χ0n) is 14.4. The van der Waals surface area contributed by atoms with E-state index in [1.807, 2.05) is 18.3 Å². The maximum Gasteiger partial charge on any atom is 0.0536 e. The van der Waals surface area contributed by atoms with Crippen LogP contribution in [0.1, 0.15) is 31.2 Å². The van der Waals surface area contributed by atoms with Gasteiger partial charge in [-0.2, -0.15) is 0 Å². The highest BCUT2D eigenvalue weighted by molar-refractivity contribution is 6.31. The zero-order valence-corrected chi connectivity index (χ0v) is 16.0. The Hall–Kier alpha value is -1.55. The topological polar surface area (TPSA) is 38.0 Å². The maximum absolute atomic E-state index is 8.93. The largest absolute Gasteiger partial charge is 0.396 e. The number of halogens is 2. The van der Waals surface area contributed by atoms with Gasteiger partial charge in [0.1, 0.15) is 0 Å². The Balaban J connectivity index is 0.00000225. The Bertz CT molecular complexity index is 815. The van der Waals surface area contributed by atoms with Crippen LogP contribution in [0.25, 0.3) is 22.2 Å². The molecule has 3 aromatic rings. The molecule has 0 radical (unpaired) electrons. The minimum Gasteiger partial charge on any atom is -0.396 e. The lowest BCUT2D eigenvalue weighted by Gasteiger charge is -2.08. The summed E-state index contributed by atoms with van der Waals surface area (Å²) in [5.41, 5.74) is 4.90. The van der Waals surface area contributed by atoms with Crippen LogP contribution in [0.4, 0.5) is 0 Å². The van der Waals surface area contributed by atoms with E-state index in [0.717, 1.165) is 42.7 Å². The molecule has 1 N–H and O–H groups in total. The van der Waals surface area contributed by atoms with Crippen molar-refractivity contribution in [3.05, 3.63) is 53.3 Å². The van der Waals surface area contributed by atoms with Crippen LogP contribution in [-0.2, 0) is 13.5 Å². The predicted molar refractivity (Wildman–Crippen MR) is 108 cm³/mol. The van der Waals surface area contributed by atoms with Crippen molar-refractivity contribution in [1.29, 1.82) is 0 Å². The van der Waals surface area contributed by atoms with Crippen LogP contribution in [0.15, 0.2) is 42.7 Å². The summed E-state index contributed by atoms with van der Waals surface area (Å²) in [5, 5.41) is 10.9. The van der Waals surface area contributed by atoms with Crippen LogP contribution in [0, 0.1) is 0 Å². The number of aromatic nitrogens is 2. The summed E-state index contributed by atoms with van der Waals surface area (Å²) in [6, 6.07) is 10.2. The third-order valence-corrected chi connectivity index (χ3v) is 4.77. The van der Waals surface area contributed by atoms with E-state index >= 15 is 0 Å². The number of aryl methyl sites for hydroxylation is 2. The molecular formula is C20H24Cl2N2O. The SMILES string of the molecule is Cl.Cn1c(-c2cccnc2)c(CCCCCCO)c2cc(Cl)ccc21. The number of fused-ring (bicyclic) bond motifs is 1. The second-order valence-electron chi connectivity index (χ2n) is 6.18. The Morgan fingerprint density at radius 2 is 1.92 bits per heavy atom. The van der Waals surface area contributed by atoms with Crippen LogP contribution in [0.5, 0.6) is 0 Å². The van der Waals surface area contributed by atoms with Crippen LogP contribution >= 0.6 is 24.0 Å². The Labute approximate surface area is 160 Å². The van der Waals surface area contributed by atoms with Crippen molar-refractivity contribution in [2.24, 2.45) is 7.05 Å². The summed E-state index contributed by atoms with van der Waals surface area (Å²) in [6.45, 7) is 0.283. The molecule has 25 heavy (non-hydrogen) atoms. The van der Waals surface area contributed by atoms with Gasteiger partial charge in [-0.15, -0.1) is 12.4 Å². The van der Waals surface area contributed by atoms with Crippen molar-refractivity contribution >= 4 is 34.9 Å². The molecule has 3 rings (SSSR count). The molecule has 2 aromatic heterocycles. The molecule has 0 amide bonds.